The standard InChI is InChI=1S/C24H21F5N4O/c25-17-7-9-19(10-8-17)30-23(34)22(16-3-1-4-18(26)15-16)33-13-11-32(12-14-33)21-6-2-5-20(31-21)24(27,28)29/h1-10,15,22H,11-14H2,(H,30,34). The lowest BCUT2D eigenvalue weighted by Crippen LogP contribution is -2.50. The van der Waals surface area contributed by atoms with E-state index in [1.54, 1.807) is 11.0 Å². The Kier molecular flexibility index (Phi) is 6.78. The molecule has 1 aliphatic rings. The van der Waals surface area contributed by atoms with Crippen molar-refractivity contribution in [2.75, 3.05) is 36.4 Å². The van der Waals surface area contributed by atoms with Crippen LogP contribution < -0.4 is 10.2 Å². The van der Waals surface area contributed by atoms with Crippen molar-refractivity contribution < 1.29 is 26.7 Å². The van der Waals surface area contributed by atoms with Gasteiger partial charge in [-0.3, -0.25) is 9.69 Å². The fraction of sp³-hybridized carbons (Fsp3) is 0.250. The summed E-state index contributed by atoms with van der Waals surface area (Å²) in [6, 6.07) is 13.9. The van der Waals surface area contributed by atoms with Crippen LogP contribution in [0.25, 0.3) is 0 Å². The number of hydrogen-bond acceptors (Lipinski definition) is 4. The van der Waals surface area contributed by atoms with E-state index in [0.29, 0.717) is 37.4 Å². The maximum Gasteiger partial charge on any atom is 0.433 e. The van der Waals surface area contributed by atoms with Crippen LogP contribution in [0.15, 0.2) is 66.7 Å². The second kappa shape index (κ2) is 9.76. The smallest absolute Gasteiger partial charge is 0.354 e. The van der Waals surface area contributed by atoms with Gasteiger partial charge in [0.15, 0.2) is 0 Å². The highest BCUT2D eigenvalue weighted by Crippen LogP contribution is 2.30. The largest absolute Gasteiger partial charge is 0.433 e. The molecule has 0 saturated carbocycles. The molecule has 1 aliphatic heterocycles. The average molecular weight is 476 g/mol. The van der Waals surface area contributed by atoms with Crippen molar-refractivity contribution in [1.29, 1.82) is 0 Å². The molecule has 0 aliphatic carbocycles. The van der Waals surface area contributed by atoms with Gasteiger partial charge in [-0.15, -0.1) is 0 Å². The number of alkyl halides is 3. The van der Waals surface area contributed by atoms with Crippen molar-refractivity contribution in [1.82, 2.24) is 9.88 Å². The molecule has 34 heavy (non-hydrogen) atoms. The lowest BCUT2D eigenvalue weighted by molar-refractivity contribution is -0.141. The van der Waals surface area contributed by atoms with Crippen molar-refractivity contribution in [3.05, 3.63) is 89.6 Å². The minimum atomic E-state index is -4.54. The first kappa shape index (κ1) is 23.6. The molecule has 2 heterocycles. The Hall–Kier alpha value is -3.53. The average Bonchev–Trinajstić information content (AvgIpc) is 2.81. The Morgan fingerprint density at radius 2 is 1.56 bits per heavy atom. The quantitative estimate of drug-likeness (QED) is 0.534. The number of benzene rings is 2. The van der Waals surface area contributed by atoms with E-state index >= 15 is 0 Å². The minimum absolute atomic E-state index is 0.201. The number of nitrogens with zero attached hydrogens (tertiary/aromatic N) is 3. The van der Waals surface area contributed by atoms with E-state index in [1.807, 2.05) is 4.90 Å². The molecular formula is C24H21F5N4O. The topological polar surface area (TPSA) is 48.5 Å². The molecular weight excluding hydrogens is 455 g/mol. The minimum Gasteiger partial charge on any atom is -0.354 e. The van der Waals surface area contributed by atoms with Gasteiger partial charge in [0.1, 0.15) is 29.2 Å². The summed E-state index contributed by atoms with van der Waals surface area (Å²) in [7, 11) is 0. The number of amides is 1. The first-order valence-corrected chi connectivity index (χ1v) is 10.6. The molecule has 0 radical (unpaired) electrons. The van der Waals surface area contributed by atoms with Gasteiger partial charge in [-0.2, -0.15) is 13.2 Å². The number of halogens is 5. The molecule has 2 aromatic carbocycles. The molecule has 1 amide bonds. The number of pyridine rings is 1. The molecule has 1 aromatic heterocycles. The molecule has 1 N–H and O–H groups in total. The molecule has 0 spiro atoms. The molecule has 4 rings (SSSR count). The van der Waals surface area contributed by atoms with E-state index in [9.17, 15) is 26.7 Å². The highest BCUT2D eigenvalue weighted by molar-refractivity contribution is 5.95. The third-order valence-electron chi connectivity index (χ3n) is 5.55. The molecule has 1 saturated heterocycles. The number of anilines is 2. The summed E-state index contributed by atoms with van der Waals surface area (Å²) in [5.74, 6) is -1.17. The van der Waals surface area contributed by atoms with E-state index in [1.165, 1.54) is 54.6 Å². The van der Waals surface area contributed by atoms with E-state index in [4.69, 9.17) is 0 Å². The third-order valence-corrected chi connectivity index (χ3v) is 5.55. The lowest BCUT2D eigenvalue weighted by atomic mass is 10.0. The Labute approximate surface area is 192 Å². The summed E-state index contributed by atoms with van der Waals surface area (Å²) in [6.07, 6.45) is -4.54. The van der Waals surface area contributed by atoms with E-state index in [0.717, 1.165) is 6.07 Å². The van der Waals surface area contributed by atoms with Crippen LogP contribution in [0, 0.1) is 11.6 Å². The summed E-state index contributed by atoms with van der Waals surface area (Å²) in [6.45, 7) is 1.31. The maximum absolute atomic E-state index is 13.9. The SMILES string of the molecule is O=C(Nc1ccc(F)cc1)C(c1cccc(F)c1)N1CCN(c2cccc(C(F)(F)F)n2)CC1. The fourth-order valence-electron chi connectivity index (χ4n) is 3.92. The van der Waals surface area contributed by atoms with Gasteiger partial charge in [0, 0.05) is 31.9 Å². The normalized spacial score (nSPS) is 15.7. The molecule has 1 atom stereocenters. The van der Waals surface area contributed by atoms with Crippen LogP contribution >= 0.6 is 0 Å². The predicted octanol–water partition coefficient (Wildman–Crippen LogP) is 4.88. The van der Waals surface area contributed by atoms with Crippen LogP contribution in [0.1, 0.15) is 17.3 Å². The molecule has 1 fully saturated rings. The van der Waals surface area contributed by atoms with Crippen molar-refractivity contribution in [2.24, 2.45) is 0 Å². The number of carbonyl (C=O) groups is 1. The van der Waals surface area contributed by atoms with E-state index < -0.39 is 35.5 Å². The van der Waals surface area contributed by atoms with Gasteiger partial charge in [-0.25, -0.2) is 13.8 Å². The maximum atomic E-state index is 13.9. The third kappa shape index (κ3) is 5.51. The Morgan fingerprint density at radius 3 is 2.21 bits per heavy atom. The zero-order valence-electron chi connectivity index (χ0n) is 17.9. The Balaban J connectivity index is 1.52. The molecule has 5 nitrogen and oxygen atoms in total. The molecule has 1 unspecified atom stereocenters. The summed E-state index contributed by atoms with van der Waals surface area (Å²) in [5.41, 5.74) is -0.145. The first-order valence-electron chi connectivity index (χ1n) is 10.6. The van der Waals surface area contributed by atoms with Gasteiger partial charge in [-0.1, -0.05) is 18.2 Å². The monoisotopic (exact) mass is 476 g/mol. The van der Waals surface area contributed by atoms with Gasteiger partial charge in [0.2, 0.25) is 5.91 Å². The van der Waals surface area contributed by atoms with Crippen LogP contribution in [-0.4, -0.2) is 42.0 Å². The van der Waals surface area contributed by atoms with E-state index in [-0.39, 0.29) is 5.82 Å². The highest BCUT2D eigenvalue weighted by atomic mass is 19.4. The molecule has 3 aromatic rings. The number of carbonyl (C=O) groups excluding carboxylic acids is 1. The first-order chi connectivity index (χ1) is 16.2. The van der Waals surface area contributed by atoms with Gasteiger partial charge in [0.25, 0.3) is 0 Å². The number of aromatic nitrogens is 1. The van der Waals surface area contributed by atoms with Gasteiger partial charge < -0.3 is 10.2 Å². The zero-order valence-corrected chi connectivity index (χ0v) is 17.9. The summed E-state index contributed by atoms with van der Waals surface area (Å²) in [4.78, 5) is 20.5. The van der Waals surface area contributed by atoms with Crippen LogP contribution in [0.3, 0.4) is 0 Å². The Bertz CT molecular complexity index is 1140. The van der Waals surface area contributed by atoms with Crippen molar-refractivity contribution in [3.8, 4) is 0 Å². The van der Waals surface area contributed by atoms with Crippen LogP contribution in [-0.2, 0) is 11.0 Å². The molecule has 178 valence electrons. The summed E-state index contributed by atoms with van der Waals surface area (Å²) < 4.78 is 66.2. The lowest BCUT2D eigenvalue weighted by Gasteiger charge is -2.39. The number of nitrogens with one attached hydrogen (secondary N) is 1. The number of piperazine rings is 1. The van der Waals surface area contributed by atoms with Crippen molar-refractivity contribution in [3.63, 3.8) is 0 Å². The van der Waals surface area contributed by atoms with Gasteiger partial charge >= 0.3 is 6.18 Å². The van der Waals surface area contributed by atoms with Gasteiger partial charge in [0.05, 0.1) is 0 Å². The summed E-state index contributed by atoms with van der Waals surface area (Å²) >= 11 is 0. The summed E-state index contributed by atoms with van der Waals surface area (Å²) in [5, 5.41) is 2.73. The van der Waals surface area contributed by atoms with Crippen LogP contribution in [0.4, 0.5) is 33.5 Å². The fourth-order valence-corrected chi connectivity index (χ4v) is 3.92. The number of hydrogen-bond donors (Lipinski definition) is 1. The van der Waals surface area contributed by atoms with Crippen molar-refractivity contribution >= 4 is 17.4 Å². The second-order valence-corrected chi connectivity index (χ2v) is 7.86. The predicted molar refractivity (Wildman–Crippen MR) is 117 cm³/mol. The van der Waals surface area contributed by atoms with Gasteiger partial charge in [-0.05, 0) is 54.1 Å². The zero-order chi connectivity index (χ0) is 24.3. The Morgan fingerprint density at radius 1 is 0.882 bits per heavy atom. The van der Waals surface area contributed by atoms with Crippen LogP contribution in [0.5, 0.6) is 0 Å². The molecule has 0 bridgehead atoms. The molecule has 10 heteroatoms. The number of rotatable bonds is 5. The van der Waals surface area contributed by atoms with Crippen LogP contribution in [0.2, 0.25) is 0 Å². The highest BCUT2D eigenvalue weighted by Gasteiger charge is 2.34. The van der Waals surface area contributed by atoms with E-state index in [2.05, 4.69) is 10.3 Å². The van der Waals surface area contributed by atoms with Crippen molar-refractivity contribution in [2.45, 2.75) is 12.2 Å². The second-order valence-electron chi connectivity index (χ2n) is 7.86.